The van der Waals surface area contributed by atoms with Gasteiger partial charge in [0, 0.05) is 30.4 Å². The van der Waals surface area contributed by atoms with Gasteiger partial charge >= 0.3 is 0 Å². The van der Waals surface area contributed by atoms with Crippen LogP contribution in [0.15, 0.2) is 30.6 Å². The van der Waals surface area contributed by atoms with Crippen LogP contribution in [-0.4, -0.2) is 20.8 Å². The fourth-order valence-corrected chi connectivity index (χ4v) is 2.85. The molecule has 0 aliphatic heterocycles. The highest BCUT2D eigenvalue weighted by Crippen LogP contribution is 2.44. The largest absolute Gasteiger partial charge is 0.308 e. The number of nitrogens with zero attached hydrogens (tertiary/aromatic N) is 2. The first kappa shape index (κ1) is 12.0. The predicted molar refractivity (Wildman–Crippen MR) is 73.9 cm³/mol. The molecule has 0 radical (unpaired) electrons. The third kappa shape index (κ3) is 1.91. The summed E-state index contributed by atoms with van der Waals surface area (Å²) in [7, 11) is 0. The van der Waals surface area contributed by atoms with Gasteiger partial charge in [-0.25, -0.2) is 4.98 Å². The summed E-state index contributed by atoms with van der Waals surface area (Å²) >= 11 is 6.22. The summed E-state index contributed by atoms with van der Waals surface area (Å²) < 4.78 is 2.05. The van der Waals surface area contributed by atoms with Gasteiger partial charge in [0.2, 0.25) is 0 Å². The molecular weight excluding hydrogens is 246 g/mol. The zero-order chi connectivity index (χ0) is 12.8. The lowest BCUT2D eigenvalue weighted by molar-refractivity contribution is 0.115. The second-order valence-electron chi connectivity index (χ2n) is 5.66. The average molecular weight is 264 g/mol. The van der Waals surface area contributed by atoms with Gasteiger partial charge < -0.3 is 9.72 Å². The first-order valence-corrected chi connectivity index (χ1v) is 6.81. The molecule has 0 aromatic carbocycles. The monoisotopic (exact) mass is 263 g/mol. The van der Waals surface area contributed by atoms with Gasteiger partial charge in [0.25, 0.3) is 0 Å². The maximum Gasteiger partial charge on any atom is 0.137 e. The first-order valence-electron chi connectivity index (χ1n) is 6.37. The van der Waals surface area contributed by atoms with Crippen LogP contribution in [0.25, 0.3) is 5.65 Å². The van der Waals surface area contributed by atoms with Gasteiger partial charge in [-0.2, -0.15) is 0 Å². The Labute approximate surface area is 112 Å². The smallest absolute Gasteiger partial charge is 0.137 e. The molecule has 96 valence electrons. The maximum absolute atomic E-state index is 6.22. The van der Waals surface area contributed by atoms with Gasteiger partial charge in [0.05, 0.1) is 5.69 Å². The zero-order valence-corrected chi connectivity index (χ0v) is 11.5. The lowest BCUT2D eigenvalue weighted by Gasteiger charge is -2.49. The summed E-state index contributed by atoms with van der Waals surface area (Å²) in [5.74, 6) is 0. The Morgan fingerprint density at radius 2 is 2.33 bits per heavy atom. The van der Waals surface area contributed by atoms with Gasteiger partial charge in [-0.05, 0) is 24.0 Å². The Hall–Kier alpha value is -1.06. The second-order valence-corrected chi connectivity index (χ2v) is 6.18. The number of rotatable bonds is 3. The Balaban J connectivity index is 1.67. The number of pyridine rings is 1. The van der Waals surface area contributed by atoms with Crippen molar-refractivity contribution in [2.24, 2.45) is 5.41 Å². The minimum absolute atomic E-state index is 0.181. The average Bonchev–Trinajstić information content (AvgIpc) is 2.76. The van der Waals surface area contributed by atoms with Crippen LogP contribution in [0, 0.1) is 5.41 Å². The molecule has 0 spiro atoms. The van der Waals surface area contributed by atoms with Gasteiger partial charge in [-0.15, -0.1) is 11.6 Å². The lowest BCUT2D eigenvalue weighted by Crippen LogP contribution is -2.57. The Kier molecular flexibility index (Phi) is 2.83. The normalized spacial score (nSPS) is 26.2. The van der Waals surface area contributed by atoms with Gasteiger partial charge in [-0.3, -0.25) is 0 Å². The molecule has 1 aliphatic carbocycles. The van der Waals surface area contributed by atoms with E-state index in [9.17, 15) is 0 Å². The number of aromatic nitrogens is 2. The number of alkyl halides is 1. The quantitative estimate of drug-likeness (QED) is 0.863. The van der Waals surface area contributed by atoms with Crippen LogP contribution in [0.2, 0.25) is 0 Å². The van der Waals surface area contributed by atoms with E-state index >= 15 is 0 Å². The van der Waals surface area contributed by atoms with Crippen LogP contribution in [0.4, 0.5) is 0 Å². The van der Waals surface area contributed by atoms with Crippen LogP contribution in [0.1, 0.15) is 26.0 Å². The van der Waals surface area contributed by atoms with E-state index in [4.69, 9.17) is 11.6 Å². The topological polar surface area (TPSA) is 29.3 Å². The van der Waals surface area contributed by atoms with Crippen molar-refractivity contribution < 1.29 is 0 Å². The van der Waals surface area contributed by atoms with E-state index in [1.54, 1.807) is 0 Å². The summed E-state index contributed by atoms with van der Waals surface area (Å²) in [5.41, 5.74) is 2.26. The molecule has 3 rings (SSSR count). The third-order valence-corrected chi connectivity index (χ3v) is 4.83. The molecule has 2 unspecified atom stereocenters. The highest BCUT2D eigenvalue weighted by Gasteiger charge is 2.46. The van der Waals surface area contributed by atoms with Crippen molar-refractivity contribution in [2.75, 3.05) is 0 Å². The molecule has 2 aromatic heterocycles. The first-order chi connectivity index (χ1) is 8.57. The SMILES string of the molecule is CC1(C)C(Cl)CC1NCc1cn2ccccc2n1. The minimum atomic E-state index is 0.181. The maximum atomic E-state index is 6.22. The summed E-state index contributed by atoms with van der Waals surface area (Å²) in [6.45, 7) is 5.24. The molecule has 0 bridgehead atoms. The van der Waals surface area contributed by atoms with Crippen molar-refractivity contribution in [3.63, 3.8) is 0 Å². The molecule has 2 aromatic rings. The number of fused-ring (bicyclic) bond motifs is 1. The molecule has 2 atom stereocenters. The van der Waals surface area contributed by atoms with Crippen LogP contribution in [0.3, 0.4) is 0 Å². The Morgan fingerprint density at radius 3 is 3.00 bits per heavy atom. The number of nitrogens with one attached hydrogen (secondary N) is 1. The number of hydrogen-bond acceptors (Lipinski definition) is 2. The molecule has 1 N–H and O–H groups in total. The van der Waals surface area contributed by atoms with Crippen molar-refractivity contribution in [1.82, 2.24) is 14.7 Å². The molecule has 1 aliphatic rings. The van der Waals surface area contributed by atoms with Crippen molar-refractivity contribution >= 4 is 17.2 Å². The summed E-state index contributed by atoms with van der Waals surface area (Å²) in [4.78, 5) is 4.58. The molecule has 0 amide bonds. The van der Waals surface area contributed by atoms with Crippen molar-refractivity contribution in [2.45, 2.75) is 38.2 Å². The van der Waals surface area contributed by atoms with E-state index < -0.39 is 0 Å². The van der Waals surface area contributed by atoms with Gasteiger partial charge in [0.15, 0.2) is 0 Å². The van der Waals surface area contributed by atoms with E-state index in [-0.39, 0.29) is 10.8 Å². The van der Waals surface area contributed by atoms with Crippen molar-refractivity contribution in [1.29, 1.82) is 0 Å². The summed E-state index contributed by atoms with van der Waals surface area (Å²) in [5, 5.41) is 3.84. The summed E-state index contributed by atoms with van der Waals surface area (Å²) in [6, 6.07) is 6.53. The molecule has 1 fully saturated rings. The highest BCUT2D eigenvalue weighted by atomic mass is 35.5. The Morgan fingerprint density at radius 1 is 1.50 bits per heavy atom. The van der Waals surface area contributed by atoms with Crippen LogP contribution >= 0.6 is 11.6 Å². The van der Waals surface area contributed by atoms with Crippen LogP contribution in [-0.2, 0) is 6.54 Å². The molecule has 4 heteroatoms. The minimum Gasteiger partial charge on any atom is -0.308 e. The molecule has 0 saturated heterocycles. The van der Waals surface area contributed by atoms with Crippen molar-refractivity contribution in [3.05, 3.63) is 36.3 Å². The molecule has 2 heterocycles. The van der Waals surface area contributed by atoms with E-state index in [1.165, 1.54) is 0 Å². The zero-order valence-electron chi connectivity index (χ0n) is 10.7. The van der Waals surface area contributed by atoms with Crippen molar-refractivity contribution in [3.8, 4) is 0 Å². The number of imidazole rings is 1. The standard InChI is InChI=1S/C14H18ClN3/c1-14(2)11(15)7-12(14)16-8-10-9-18-6-4-3-5-13(18)17-10/h3-6,9,11-12,16H,7-8H2,1-2H3. The molecule has 3 nitrogen and oxygen atoms in total. The fraction of sp³-hybridized carbons (Fsp3) is 0.500. The van der Waals surface area contributed by atoms with E-state index in [2.05, 4.69) is 30.3 Å². The molecule has 1 saturated carbocycles. The van der Waals surface area contributed by atoms with E-state index in [1.807, 2.05) is 28.8 Å². The lowest BCUT2D eigenvalue weighted by atomic mass is 9.67. The van der Waals surface area contributed by atoms with Crippen LogP contribution in [0.5, 0.6) is 0 Å². The molecular formula is C14H18ClN3. The number of hydrogen-bond donors (Lipinski definition) is 1. The van der Waals surface area contributed by atoms with E-state index in [0.717, 1.165) is 24.3 Å². The predicted octanol–water partition coefficient (Wildman–Crippen LogP) is 2.83. The van der Waals surface area contributed by atoms with E-state index in [0.29, 0.717) is 6.04 Å². The molecule has 18 heavy (non-hydrogen) atoms. The fourth-order valence-electron chi connectivity index (χ4n) is 2.52. The third-order valence-electron chi connectivity index (χ3n) is 4.09. The Bertz CT molecular complexity index is 528. The van der Waals surface area contributed by atoms with Gasteiger partial charge in [-0.1, -0.05) is 19.9 Å². The summed E-state index contributed by atoms with van der Waals surface area (Å²) in [6.07, 6.45) is 5.14. The number of halogens is 1. The van der Waals surface area contributed by atoms with Crippen LogP contribution < -0.4 is 5.32 Å². The second kappa shape index (κ2) is 4.25. The van der Waals surface area contributed by atoms with Gasteiger partial charge in [0.1, 0.15) is 5.65 Å². The highest BCUT2D eigenvalue weighted by molar-refractivity contribution is 6.21.